The fraction of sp³-hybridized carbons (Fsp3) is 0.857. The number of likely N-dealkylation sites (N-methyl/N-ethyl adjacent to an activating group) is 1. The molecule has 3 amide bonds. The predicted octanol–water partition coefficient (Wildman–Crippen LogP) is 0.658. The number of rotatable bonds is 6. The largest absolute Gasteiger partial charge is 0.342 e. The third kappa shape index (κ3) is 4.91. The summed E-state index contributed by atoms with van der Waals surface area (Å²) in [7, 11) is 1.71. The van der Waals surface area contributed by atoms with Gasteiger partial charge in [-0.2, -0.15) is 0 Å². The van der Waals surface area contributed by atoms with Crippen LogP contribution in [0.2, 0.25) is 0 Å². The Hall–Kier alpha value is -1.67. The summed E-state index contributed by atoms with van der Waals surface area (Å²) >= 11 is 0. The van der Waals surface area contributed by atoms with Gasteiger partial charge >= 0.3 is 0 Å². The van der Waals surface area contributed by atoms with Crippen LogP contribution < -0.4 is 16.4 Å². The molecule has 2 aliphatic rings. The highest BCUT2D eigenvalue weighted by molar-refractivity contribution is 5.91. The Morgan fingerprint density at radius 1 is 1.21 bits per heavy atom. The summed E-state index contributed by atoms with van der Waals surface area (Å²) < 4.78 is 0. The number of hydrogen-bond donors (Lipinski definition) is 3. The molecule has 2 fully saturated rings. The number of nitrogens with two attached hydrogens (primary N) is 1. The molecule has 166 valence electrons. The topological polar surface area (TPSA) is 108 Å². The predicted molar refractivity (Wildman–Crippen MR) is 113 cm³/mol. The summed E-state index contributed by atoms with van der Waals surface area (Å²) in [5.41, 5.74) is 5.61. The molecule has 0 aromatic rings. The van der Waals surface area contributed by atoms with Crippen molar-refractivity contribution in [1.29, 1.82) is 0 Å². The molecule has 4 N–H and O–H groups in total. The van der Waals surface area contributed by atoms with E-state index in [4.69, 9.17) is 5.73 Å². The summed E-state index contributed by atoms with van der Waals surface area (Å²) in [6, 6.07) is -1.54. The smallest absolute Gasteiger partial charge is 0.247 e. The molecule has 3 unspecified atom stereocenters. The Morgan fingerprint density at radius 3 is 2.34 bits per heavy atom. The lowest BCUT2D eigenvalue weighted by molar-refractivity contribution is -0.148. The molecule has 8 heteroatoms. The lowest BCUT2D eigenvalue weighted by Gasteiger charge is -2.41. The summed E-state index contributed by atoms with van der Waals surface area (Å²) in [4.78, 5) is 42.6. The number of nitrogens with zero attached hydrogens (tertiary/aromatic N) is 2. The van der Waals surface area contributed by atoms with Crippen LogP contribution in [0.4, 0.5) is 0 Å². The first-order chi connectivity index (χ1) is 13.4. The average Bonchev–Trinajstić information content (AvgIpc) is 3.22. The second-order valence-corrected chi connectivity index (χ2v) is 9.87. The minimum atomic E-state index is -0.671. The summed E-state index contributed by atoms with van der Waals surface area (Å²) in [6.45, 7) is 12.3. The fourth-order valence-electron chi connectivity index (χ4n) is 4.30. The highest BCUT2D eigenvalue weighted by Gasteiger charge is 2.48. The SMILES string of the molecule is CN[C@@H](C)C(=O)N[C@H](C(=O)N1CCCC1N1C(=O)C(N)CC1C(C)C)C(C)(C)C. The van der Waals surface area contributed by atoms with Gasteiger partial charge in [-0.1, -0.05) is 34.6 Å². The number of carbonyl (C=O) groups is 3. The fourth-order valence-corrected chi connectivity index (χ4v) is 4.30. The average molecular weight is 410 g/mol. The van der Waals surface area contributed by atoms with Crippen molar-refractivity contribution in [2.75, 3.05) is 13.6 Å². The van der Waals surface area contributed by atoms with Gasteiger partial charge in [-0.05, 0) is 44.6 Å². The van der Waals surface area contributed by atoms with Gasteiger partial charge in [-0.15, -0.1) is 0 Å². The van der Waals surface area contributed by atoms with Gasteiger partial charge in [-0.25, -0.2) is 0 Å². The molecule has 29 heavy (non-hydrogen) atoms. The first-order valence-electron chi connectivity index (χ1n) is 10.8. The van der Waals surface area contributed by atoms with Crippen molar-refractivity contribution < 1.29 is 14.4 Å². The van der Waals surface area contributed by atoms with Crippen molar-refractivity contribution in [2.24, 2.45) is 17.1 Å². The van der Waals surface area contributed by atoms with E-state index < -0.39 is 23.5 Å². The van der Waals surface area contributed by atoms with Crippen molar-refractivity contribution in [3.05, 3.63) is 0 Å². The second-order valence-electron chi connectivity index (χ2n) is 9.87. The lowest BCUT2D eigenvalue weighted by atomic mass is 9.85. The van der Waals surface area contributed by atoms with Crippen LogP contribution in [-0.2, 0) is 14.4 Å². The highest BCUT2D eigenvalue weighted by atomic mass is 16.2. The monoisotopic (exact) mass is 409 g/mol. The van der Waals surface area contributed by atoms with Crippen molar-refractivity contribution in [2.45, 2.75) is 91.1 Å². The Kier molecular flexibility index (Phi) is 7.32. The molecular weight excluding hydrogens is 370 g/mol. The van der Waals surface area contributed by atoms with Gasteiger partial charge in [0.1, 0.15) is 12.2 Å². The molecule has 0 radical (unpaired) electrons. The standard InChI is InChI=1S/C21H39N5O3/c1-12(2)15-11-14(22)19(28)26(15)16-9-8-10-25(16)20(29)17(21(4,5)6)24-18(27)13(3)23-7/h12-17,23H,8-11,22H2,1-7H3,(H,24,27)/t13-,14?,15?,16?,17+/m0/s1. The molecule has 0 aromatic heterocycles. The van der Waals surface area contributed by atoms with Crippen molar-refractivity contribution in [1.82, 2.24) is 20.4 Å². The van der Waals surface area contributed by atoms with E-state index in [1.54, 1.807) is 18.9 Å². The van der Waals surface area contributed by atoms with Gasteiger partial charge in [0.2, 0.25) is 17.7 Å². The van der Waals surface area contributed by atoms with E-state index in [0.29, 0.717) is 13.0 Å². The van der Waals surface area contributed by atoms with Gasteiger partial charge in [0.15, 0.2) is 0 Å². The zero-order chi connectivity index (χ0) is 22.1. The molecule has 2 saturated heterocycles. The summed E-state index contributed by atoms with van der Waals surface area (Å²) in [5.74, 6) is -0.156. The van der Waals surface area contributed by atoms with Gasteiger partial charge in [0.25, 0.3) is 0 Å². The third-order valence-corrected chi connectivity index (χ3v) is 6.25. The van der Waals surface area contributed by atoms with Gasteiger partial charge < -0.3 is 26.2 Å². The lowest BCUT2D eigenvalue weighted by Crippen LogP contribution is -2.61. The van der Waals surface area contributed by atoms with Crippen LogP contribution in [0.15, 0.2) is 0 Å². The quantitative estimate of drug-likeness (QED) is 0.597. The maximum Gasteiger partial charge on any atom is 0.247 e. The molecular formula is C21H39N5O3. The number of carbonyl (C=O) groups excluding carboxylic acids is 3. The zero-order valence-corrected chi connectivity index (χ0v) is 19.0. The Bertz CT molecular complexity index is 630. The number of nitrogens with one attached hydrogen (secondary N) is 2. The molecule has 0 spiro atoms. The van der Waals surface area contributed by atoms with Crippen LogP contribution in [0.5, 0.6) is 0 Å². The first-order valence-corrected chi connectivity index (χ1v) is 10.8. The van der Waals surface area contributed by atoms with Crippen LogP contribution in [-0.4, -0.2) is 71.4 Å². The van der Waals surface area contributed by atoms with Crippen LogP contribution in [0.3, 0.4) is 0 Å². The molecule has 5 atom stereocenters. The van der Waals surface area contributed by atoms with Gasteiger partial charge in [0, 0.05) is 12.6 Å². The summed E-state index contributed by atoms with van der Waals surface area (Å²) in [5, 5.41) is 5.84. The molecule has 2 heterocycles. The van der Waals surface area contributed by atoms with Gasteiger partial charge in [0.05, 0.1) is 12.1 Å². The number of likely N-dealkylation sites (tertiary alicyclic amines) is 2. The van der Waals surface area contributed by atoms with Crippen molar-refractivity contribution >= 4 is 17.7 Å². The van der Waals surface area contributed by atoms with E-state index in [1.807, 2.05) is 25.7 Å². The Morgan fingerprint density at radius 2 is 1.83 bits per heavy atom. The minimum absolute atomic E-state index is 0.0305. The van der Waals surface area contributed by atoms with Crippen LogP contribution in [0.25, 0.3) is 0 Å². The molecule has 2 rings (SSSR count). The molecule has 0 bridgehead atoms. The van der Waals surface area contributed by atoms with Crippen LogP contribution in [0, 0.1) is 11.3 Å². The van der Waals surface area contributed by atoms with E-state index in [-0.39, 0.29) is 35.8 Å². The molecule has 0 aromatic carbocycles. The third-order valence-electron chi connectivity index (χ3n) is 6.25. The maximum atomic E-state index is 13.6. The second kappa shape index (κ2) is 9.00. The Labute approximate surface area is 174 Å². The van der Waals surface area contributed by atoms with Gasteiger partial charge in [-0.3, -0.25) is 14.4 Å². The summed E-state index contributed by atoms with van der Waals surface area (Å²) in [6.07, 6.45) is 1.90. The van der Waals surface area contributed by atoms with E-state index in [0.717, 1.165) is 12.8 Å². The van der Waals surface area contributed by atoms with E-state index in [9.17, 15) is 14.4 Å². The van der Waals surface area contributed by atoms with E-state index in [2.05, 4.69) is 24.5 Å². The minimum Gasteiger partial charge on any atom is -0.342 e. The highest BCUT2D eigenvalue weighted by Crippen LogP contribution is 2.34. The van der Waals surface area contributed by atoms with Crippen LogP contribution >= 0.6 is 0 Å². The number of hydrogen-bond acceptors (Lipinski definition) is 5. The maximum absolute atomic E-state index is 13.6. The Balaban J connectivity index is 2.28. The molecule has 8 nitrogen and oxygen atoms in total. The number of amides is 3. The normalized spacial score (nSPS) is 27.5. The molecule has 0 aliphatic carbocycles. The molecule has 2 aliphatic heterocycles. The van der Waals surface area contributed by atoms with E-state index >= 15 is 0 Å². The van der Waals surface area contributed by atoms with Crippen LogP contribution in [0.1, 0.15) is 60.8 Å². The van der Waals surface area contributed by atoms with Crippen molar-refractivity contribution in [3.8, 4) is 0 Å². The first kappa shape index (κ1) is 23.6. The van der Waals surface area contributed by atoms with Crippen molar-refractivity contribution in [3.63, 3.8) is 0 Å². The van der Waals surface area contributed by atoms with E-state index in [1.165, 1.54) is 0 Å². The molecule has 0 saturated carbocycles. The zero-order valence-electron chi connectivity index (χ0n) is 19.0.